The minimum Gasteiger partial charge on any atom is -0.377 e. The van der Waals surface area contributed by atoms with E-state index in [4.69, 9.17) is 4.74 Å². The summed E-state index contributed by atoms with van der Waals surface area (Å²) in [5, 5.41) is 0.967. The summed E-state index contributed by atoms with van der Waals surface area (Å²) >= 11 is 0. The fraction of sp³-hybridized carbons (Fsp3) is 0.423. The van der Waals surface area contributed by atoms with Crippen molar-refractivity contribution in [3.05, 3.63) is 54.6 Å². The highest BCUT2D eigenvalue weighted by molar-refractivity contribution is 7.89. The van der Waals surface area contributed by atoms with Crippen molar-refractivity contribution in [2.75, 3.05) is 19.8 Å². The number of carbonyl (C=O) groups excluding carboxylic acids is 1. The summed E-state index contributed by atoms with van der Waals surface area (Å²) in [5.74, 6) is 0.150. The molecule has 0 unspecified atom stereocenters. The Morgan fingerprint density at radius 1 is 1.06 bits per heavy atom. The van der Waals surface area contributed by atoms with Gasteiger partial charge in [-0.05, 0) is 56.4 Å². The predicted octanol–water partition coefficient (Wildman–Crippen LogP) is 3.92. The monoisotopic (exact) mass is 481 g/mol. The van der Waals surface area contributed by atoms with Crippen LogP contribution in [0, 0.1) is 5.92 Å². The molecular weight excluding hydrogens is 450 g/mol. The molecule has 2 fully saturated rings. The van der Waals surface area contributed by atoms with E-state index in [-0.39, 0.29) is 28.8 Å². The van der Waals surface area contributed by atoms with E-state index in [2.05, 4.69) is 9.71 Å². The Bertz CT molecular complexity index is 1260. The molecule has 2 heterocycles. The van der Waals surface area contributed by atoms with Crippen LogP contribution < -0.4 is 4.72 Å². The third kappa shape index (κ3) is 4.76. The number of sulfonamides is 1. The maximum atomic E-state index is 13.1. The van der Waals surface area contributed by atoms with Crippen molar-refractivity contribution >= 4 is 26.8 Å². The van der Waals surface area contributed by atoms with Crippen LogP contribution in [0.2, 0.25) is 0 Å². The van der Waals surface area contributed by atoms with Gasteiger partial charge in [0.15, 0.2) is 0 Å². The number of aromatic nitrogens is 1. The zero-order valence-corrected chi connectivity index (χ0v) is 20.2. The van der Waals surface area contributed by atoms with E-state index in [1.807, 2.05) is 54.3 Å². The average Bonchev–Trinajstić information content (AvgIpc) is 3.28. The Kier molecular flexibility index (Phi) is 6.46. The number of H-pyrrole nitrogens is 1. The Morgan fingerprint density at radius 3 is 2.56 bits per heavy atom. The molecule has 1 saturated carbocycles. The maximum Gasteiger partial charge on any atom is 0.240 e. The molecule has 2 aliphatic rings. The van der Waals surface area contributed by atoms with Crippen molar-refractivity contribution in [1.29, 1.82) is 0 Å². The first-order valence-electron chi connectivity index (χ1n) is 12.0. The van der Waals surface area contributed by atoms with Crippen molar-refractivity contribution in [3.8, 4) is 11.3 Å². The first-order valence-corrected chi connectivity index (χ1v) is 13.5. The average molecular weight is 482 g/mol. The summed E-state index contributed by atoms with van der Waals surface area (Å²) in [7, 11) is -3.66. The van der Waals surface area contributed by atoms with Crippen LogP contribution in [-0.4, -0.2) is 56.1 Å². The molecule has 1 saturated heterocycles. The lowest BCUT2D eigenvalue weighted by atomic mass is 9.85. The van der Waals surface area contributed by atoms with Gasteiger partial charge < -0.3 is 14.6 Å². The molecule has 2 aromatic carbocycles. The maximum absolute atomic E-state index is 13.1. The standard InChI is InChI=1S/C26H31N3O4S/c1-18-17-33-14-13-29(18)26(30)20-7-10-22(11-8-20)28-34(31,32)23-12-9-21-15-24(27-25(21)16-23)19-5-3-2-4-6-19/h2-6,9,12,15-16,18,20,22,27-28H,7-8,10-11,13-14,17H2,1H3/t18-,20-,22-/m0/s1. The van der Waals surface area contributed by atoms with Crippen LogP contribution in [0.4, 0.5) is 0 Å². The van der Waals surface area contributed by atoms with Gasteiger partial charge in [0.1, 0.15) is 0 Å². The van der Waals surface area contributed by atoms with Crippen molar-refractivity contribution in [1.82, 2.24) is 14.6 Å². The smallest absolute Gasteiger partial charge is 0.240 e. The van der Waals surface area contributed by atoms with Gasteiger partial charge in [0.2, 0.25) is 15.9 Å². The number of nitrogens with one attached hydrogen (secondary N) is 2. The highest BCUT2D eigenvalue weighted by atomic mass is 32.2. The van der Waals surface area contributed by atoms with E-state index in [1.165, 1.54) is 0 Å². The lowest BCUT2D eigenvalue weighted by molar-refractivity contribution is -0.144. The van der Waals surface area contributed by atoms with Crippen LogP contribution in [0.25, 0.3) is 22.2 Å². The topological polar surface area (TPSA) is 91.5 Å². The number of aromatic amines is 1. The van der Waals surface area contributed by atoms with Gasteiger partial charge in [0.05, 0.1) is 24.2 Å². The van der Waals surface area contributed by atoms with Crippen LogP contribution in [0.5, 0.6) is 0 Å². The molecule has 2 N–H and O–H groups in total. The molecule has 1 aliphatic heterocycles. The minimum atomic E-state index is -3.66. The Morgan fingerprint density at radius 2 is 1.82 bits per heavy atom. The SMILES string of the molecule is C[C@H]1COCCN1C(=O)[C@H]1CC[C@H](NS(=O)(=O)c2ccc3cc(-c4ccccc4)[nH]c3c2)CC1. The normalized spacial score (nSPS) is 23.8. The van der Waals surface area contributed by atoms with Gasteiger partial charge >= 0.3 is 0 Å². The Balaban J connectivity index is 1.24. The quantitative estimate of drug-likeness (QED) is 0.578. The van der Waals surface area contributed by atoms with Gasteiger partial charge in [-0.3, -0.25) is 4.79 Å². The van der Waals surface area contributed by atoms with Crippen molar-refractivity contribution < 1.29 is 17.9 Å². The van der Waals surface area contributed by atoms with Gasteiger partial charge in [-0.25, -0.2) is 13.1 Å². The second kappa shape index (κ2) is 9.52. The van der Waals surface area contributed by atoms with Crippen LogP contribution in [0.15, 0.2) is 59.5 Å². The van der Waals surface area contributed by atoms with E-state index < -0.39 is 10.0 Å². The molecular formula is C26H31N3O4S. The molecule has 3 aromatic rings. The van der Waals surface area contributed by atoms with Crippen molar-refractivity contribution in [2.45, 2.75) is 49.6 Å². The van der Waals surface area contributed by atoms with Gasteiger partial charge in [-0.2, -0.15) is 0 Å². The second-order valence-electron chi connectivity index (χ2n) is 9.42. The van der Waals surface area contributed by atoms with Gasteiger partial charge in [-0.1, -0.05) is 36.4 Å². The number of ether oxygens (including phenoxy) is 1. The molecule has 8 heteroatoms. The van der Waals surface area contributed by atoms with Crippen LogP contribution in [0.3, 0.4) is 0 Å². The number of hydrogen-bond donors (Lipinski definition) is 2. The molecule has 34 heavy (non-hydrogen) atoms. The molecule has 0 spiro atoms. The summed E-state index contributed by atoms with van der Waals surface area (Å²) < 4.78 is 34.5. The number of benzene rings is 2. The third-order valence-corrected chi connectivity index (χ3v) is 8.56. The van der Waals surface area contributed by atoms with Gasteiger partial charge in [-0.15, -0.1) is 0 Å². The predicted molar refractivity (Wildman–Crippen MR) is 132 cm³/mol. The zero-order valence-electron chi connectivity index (χ0n) is 19.4. The van der Waals surface area contributed by atoms with E-state index in [0.29, 0.717) is 45.4 Å². The highest BCUT2D eigenvalue weighted by Gasteiger charge is 2.34. The molecule has 7 nitrogen and oxygen atoms in total. The summed E-state index contributed by atoms with van der Waals surface area (Å²) in [6.07, 6.45) is 2.73. The highest BCUT2D eigenvalue weighted by Crippen LogP contribution is 2.29. The van der Waals surface area contributed by atoms with Crippen LogP contribution in [0.1, 0.15) is 32.6 Å². The molecule has 1 aromatic heterocycles. The molecule has 0 radical (unpaired) electrons. The molecule has 1 atom stereocenters. The lowest BCUT2D eigenvalue weighted by Gasteiger charge is -2.37. The first-order chi connectivity index (χ1) is 16.4. The largest absolute Gasteiger partial charge is 0.377 e. The molecule has 0 bridgehead atoms. The summed E-state index contributed by atoms with van der Waals surface area (Å²) in [6, 6.07) is 17.1. The number of morpholine rings is 1. The zero-order chi connectivity index (χ0) is 23.7. The van der Waals surface area contributed by atoms with Crippen molar-refractivity contribution in [3.63, 3.8) is 0 Å². The number of amides is 1. The van der Waals surface area contributed by atoms with E-state index in [0.717, 1.165) is 22.2 Å². The minimum absolute atomic E-state index is 0.0343. The molecule has 180 valence electrons. The van der Waals surface area contributed by atoms with E-state index in [1.54, 1.807) is 12.1 Å². The number of rotatable bonds is 5. The second-order valence-corrected chi connectivity index (χ2v) is 11.1. The summed E-state index contributed by atoms with van der Waals surface area (Å²) in [4.78, 5) is 18.4. The Labute approximate surface area is 200 Å². The number of hydrogen-bond acceptors (Lipinski definition) is 4. The Hall–Kier alpha value is -2.68. The van der Waals surface area contributed by atoms with Crippen LogP contribution in [-0.2, 0) is 19.6 Å². The van der Waals surface area contributed by atoms with E-state index in [9.17, 15) is 13.2 Å². The molecule has 1 aliphatic carbocycles. The number of fused-ring (bicyclic) bond motifs is 1. The number of carbonyl (C=O) groups is 1. The molecule has 5 rings (SSSR count). The third-order valence-electron chi connectivity index (χ3n) is 7.04. The van der Waals surface area contributed by atoms with Crippen molar-refractivity contribution in [2.24, 2.45) is 5.92 Å². The summed E-state index contributed by atoms with van der Waals surface area (Å²) in [6.45, 7) is 3.82. The van der Waals surface area contributed by atoms with Gasteiger partial charge in [0, 0.05) is 35.1 Å². The number of nitrogens with zero attached hydrogens (tertiary/aromatic N) is 1. The van der Waals surface area contributed by atoms with Gasteiger partial charge in [0.25, 0.3) is 0 Å². The summed E-state index contributed by atoms with van der Waals surface area (Å²) in [5.41, 5.74) is 2.80. The van der Waals surface area contributed by atoms with E-state index >= 15 is 0 Å². The fourth-order valence-corrected chi connectivity index (χ4v) is 6.41. The lowest BCUT2D eigenvalue weighted by Crippen LogP contribution is -2.50. The fourth-order valence-electron chi connectivity index (χ4n) is 5.08. The first kappa shape index (κ1) is 23.1. The molecule has 1 amide bonds. The van der Waals surface area contributed by atoms with Crippen LogP contribution >= 0.6 is 0 Å².